The number of amides is 1. The number of ether oxygens (including phenoxy) is 2. The van der Waals surface area contributed by atoms with E-state index < -0.39 is 13.5 Å². The quantitative estimate of drug-likeness (QED) is 0.283. The van der Waals surface area contributed by atoms with Crippen LogP contribution in [0.2, 0.25) is 0 Å². The Hall–Kier alpha value is -3.66. The van der Waals surface area contributed by atoms with Crippen molar-refractivity contribution in [1.82, 2.24) is 9.55 Å². The molecule has 0 unspecified atom stereocenters. The van der Waals surface area contributed by atoms with Gasteiger partial charge >= 0.3 is 7.60 Å². The fourth-order valence-corrected chi connectivity index (χ4v) is 4.17. The summed E-state index contributed by atoms with van der Waals surface area (Å²) in [5.74, 6) is 0.919. The average molecular weight is 499 g/mol. The van der Waals surface area contributed by atoms with Gasteiger partial charge in [0.1, 0.15) is 18.9 Å². The van der Waals surface area contributed by atoms with Crippen LogP contribution in [-0.4, -0.2) is 50.7 Å². The van der Waals surface area contributed by atoms with Gasteiger partial charge in [-0.2, -0.15) is 0 Å². The van der Waals surface area contributed by atoms with Crippen molar-refractivity contribution < 1.29 is 28.6 Å². The smallest absolute Gasteiger partial charge is 0.356 e. The Morgan fingerprint density at radius 3 is 2.49 bits per heavy atom. The molecule has 12 heteroatoms. The fourth-order valence-electron chi connectivity index (χ4n) is 3.63. The molecule has 5 N–H and O–H groups in total. The molecule has 0 saturated carbocycles. The van der Waals surface area contributed by atoms with Gasteiger partial charge in [-0.15, -0.1) is 0 Å². The molecule has 0 atom stereocenters. The Kier molecular flexibility index (Phi) is 6.93. The first kappa shape index (κ1) is 24.5. The zero-order valence-corrected chi connectivity index (χ0v) is 20.2. The van der Waals surface area contributed by atoms with Gasteiger partial charge in [0.2, 0.25) is 5.95 Å². The van der Waals surface area contributed by atoms with Crippen LogP contribution in [0, 0.1) is 0 Å². The van der Waals surface area contributed by atoms with E-state index in [4.69, 9.17) is 15.2 Å². The van der Waals surface area contributed by atoms with Gasteiger partial charge in [0, 0.05) is 24.4 Å². The van der Waals surface area contributed by atoms with E-state index in [1.54, 1.807) is 35.8 Å². The number of hydrogen-bond acceptors (Lipinski definition) is 7. The third-order valence-corrected chi connectivity index (χ3v) is 6.15. The molecule has 0 bridgehead atoms. The van der Waals surface area contributed by atoms with Crippen LogP contribution < -0.4 is 25.8 Å². The number of aromatic nitrogens is 2. The zero-order valence-electron chi connectivity index (χ0n) is 19.3. The maximum absolute atomic E-state index is 13.0. The number of nitrogens with zero attached hydrogens (tertiary/aromatic N) is 3. The standard InChI is InChI=1S/C23H26N5O6P/c1-3-25-18(10-14(2)24)22(29)27-23-26-17-11-20-21(34-9-8-33-20)12-19(17)28(23)13-15-4-6-16(7-5-15)35(30,31)32/h4-7,10-12H,3,8-9,13,24H2,1-2H3,(H,26,27,29)(H2,30,31,32). The average Bonchev–Trinajstić information content (AvgIpc) is 3.12. The highest BCUT2D eigenvalue weighted by Gasteiger charge is 2.21. The van der Waals surface area contributed by atoms with E-state index in [-0.39, 0.29) is 23.5 Å². The molecule has 4 rings (SSSR count). The number of rotatable bonds is 7. The van der Waals surface area contributed by atoms with Crippen LogP contribution >= 0.6 is 7.60 Å². The number of aliphatic imine (C=N–C) groups is 1. The number of fused-ring (bicyclic) bond motifs is 2. The second kappa shape index (κ2) is 9.91. The van der Waals surface area contributed by atoms with Crippen LogP contribution in [0.5, 0.6) is 11.5 Å². The number of carbonyl (C=O) groups is 1. The predicted octanol–water partition coefficient (Wildman–Crippen LogP) is 1.92. The molecule has 0 spiro atoms. The van der Waals surface area contributed by atoms with Gasteiger partial charge in [-0.3, -0.25) is 19.7 Å². The number of nitrogens with one attached hydrogen (secondary N) is 1. The van der Waals surface area contributed by atoms with Crippen molar-refractivity contribution in [3.63, 3.8) is 0 Å². The van der Waals surface area contributed by atoms with Crippen molar-refractivity contribution in [2.24, 2.45) is 10.7 Å². The van der Waals surface area contributed by atoms with E-state index in [9.17, 15) is 19.1 Å². The van der Waals surface area contributed by atoms with E-state index >= 15 is 0 Å². The molecular weight excluding hydrogens is 473 g/mol. The van der Waals surface area contributed by atoms with Gasteiger partial charge in [-0.05, 0) is 37.6 Å². The first-order valence-corrected chi connectivity index (χ1v) is 12.5. The lowest BCUT2D eigenvalue weighted by molar-refractivity contribution is -0.110. The van der Waals surface area contributed by atoms with Crippen LogP contribution in [0.25, 0.3) is 11.0 Å². The Labute approximate surface area is 201 Å². The highest BCUT2D eigenvalue weighted by atomic mass is 31.2. The van der Waals surface area contributed by atoms with E-state index in [0.29, 0.717) is 48.0 Å². The first-order chi connectivity index (χ1) is 16.7. The van der Waals surface area contributed by atoms with Crippen LogP contribution in [0.15, 0.2) is 53.2 Å². The molecule has 0 saturated heterocycles. The molecule has 1 aliphatic rings. The Balaban J connectivity index is 1.76. The largest absolute Gasteiger partial charge is 0.486 e. The van der Waals surface area contributed by atoms with Gasteiger partial charge in [-0.1, -0.05) is 12.1 Å². The molecule has 11 nitrogen and oxygen atoms in total. The summed E-state index contributed by atoms with van der Waals surface area (Å²) in [5, 5.41) is 2.74. The topological polar surface area (TPSA) is 161 Å². The van der Waals surface area contributed by atoms with Crippen LogP contribution in [0.3, 0.4) is 0 Å². The zero-order chi connectivity index (χ0) is 25.2. The van der Waals surface area contributed by atoms with Gasteiger partial charge in [0.05, 0.1) is 22.9 Å². The van der Waals surface area contributed by atoms with Crippen molar-refractivity contribution in [2.75, 3.05) is 25.1 Å². The Bertz CT molecular complexity index is 1370. The number of imidazole rings is 1. The summed E-state index contributed by atoms with van der Waals surface area (Å²) >= 11 is 0. The van der Waals surface area contributed by atoms with E-state index in [1.165, 1.54) is 18.2 Å². The van der Waals surface area contributed by atoms with E-state index in [2.05, 4.69) is 15.3 Å². The number of anilines is 1. The molecule has 3 aromatic rings. The summed E-state index contributed by atoms with van der Waals surface area (Å²) in [6.07, 6.45) is 1.49. The fraction of sp³-hybridized carbons (Fsp3) is 0.261. The van der Waals surface area contributed by atoms with E-state index in [0.717, 1.165) is 5.56 Å². The van der Waals surface area contributed by atoms with Crippen molar-refractivity contribution in [1.29, 1.82) is 0 Å². The van der Waals surface area contributed by atoms with Crippen LogP contribution in [0.4, 0.5) is 5.95 Å². The second-order valence-corrected chi connectivity index (χ2v) is 9.52. The lowest BCUT2D eigenvalue weighted by Crippen LogP contribution is -2.24. The minimum absolute atomic E-state index is 0.0748. The summed E-state index contributed by atoms with van der Waals surface area (Å²) in [4.78, 5) is 40.6. The van der Waals surface area contributed by atoms with Gasteiger partial charge < -0.3 is 29.6 Å². The summed E-state index contributed by atoms with van der Waals surface area (Å²) in [7, 11) is -4.35. The number of carbonyl (C=O) groups excluding carboxylic acids is 1. The number of benzene rings is 2. The molecule has 35 heavy (non-hydrogen) atoms. The maximum Gasteiger partial charge on any atom is 0.356 e. The number of allylic oxidation sites excluding steroid dienone is 1. The van der Waals surface area contributed by atoms with Crippen LogP contribution in [0.1, 0.15) is 19.4 Å². The lowest BCUT2D eigenvalue weighted by atomic mass is 10.2. The molecule has 184 valence electrons. The molecule has 2 aromatic carbocycles. The van der Waals surface area contributed by atoms with Gasteiger partial charge in [-0.25, -0.2) is 4.98 Å². The third-order valence-electron chi connectivity index (χ3n) is 5.18. The third kappa shape index (κ3) is 5.54. The molecule has 1 amide bonds. The monoisotopic (exact) mass is 499 g/mol. The minimum Gasteiger partial charge on any atom is -0.486 e. The maximum atomic E-state index is 13.0. The molecule has 0 aliphatic carbocycles. The normalized spacial score (nSPS) is 14.3. The van der Waals surface area contributed by atoms with E-state index in [1.807, 2.05) is 6.92 Å². The van der Waals surface area contributed by atoms with Crippen LogP contribution in [-0.2, 0) is 15.9 Å². The summed E-state index contributed by atoms with van der Waals surface area (Å²) in [6, 6.07) is 9.54. The first-order valence-electron chi connectivity index (χ1n) is 10.9. The SMILES string of the molecule is CCN=C(C=C(C)N)C(=O)Nc1nc2cc3c(cc2n1Cc1ccc(P(=O)(O)O)cc1)OCCO3. The molecule has 0 radical (unpaired) electrons. The van der Waals surface area contributed by atoms with Crippen molar-refractivity contribution in [2.45, 2.75) is 20.4 Å². The highest BCUT2D eigenvalue weighted by molar-refractivity contribution is 7.60. The summed E-state index contributed by atoms with van der Waals surface area (Å²) in [5.41, 5.74) is 8.37. The predicted molar refractivity (Wildman–Crippen MR) is 132 cm³/mol. The Morgan fingerprint density at radius 1 is 1.23 bits per heavy atom. The highest BCUT2D eigenvalue weighted by Crippen LogP contribution is 2.36. The van der Waals surface area contributed by atoms with Crippen molar-refractivity contribution in [3.8, 4) is 11.5 Å². The van der Waals surface area contributed by atoms with Gasteiger partial charge in [0.15, 0.2) is 11.5 Å². The summed E-state index contributed by atoms with van der Waals surface area (Å²) in [6.45, 7) is 4.99. The molecule has 1 aromatic heterocycles. The minimum atomic E-state index is -4.35. The van der Waals surface area contributed by atoms with Crippen molar-refractivity contribution in [3.05, 3.63) is 53.7 Å². The molecular formula is C23H26N5O6P. The number of hydrogen-bond donors (Lipinski definition) is 4. The van der Waals surface area contributed by atoms with Crippen molar-refractivity contribution >= 4 is 41.5 Å². The Morgan fingerprint density at radius 2 is 1.89 bits per heavy atom. The lowest BCUT2D eigenvalue weighted by Gasteiger charge is -2.18. The molecule has 1 aliphatic heterocycles. The number of nitrogens with two attached hydrogens (primary N) is 1. The second-order valence-electron chi connectivity index (χ2n) is 7.92. The van der Waals surface area contributed by atoms with Gasteiger partial charge in [0.25, 0.3) is 5.91 Å². The molecule has 2 heterocycles. The summed E-state index contributed by atoms with van der Waals surface area (Å²) < 4.78 is 24.7. The molecule has 0 fully saturated rings.